The van der Waals surface area contributed by atoms with Crippen LogP contribution in [0.2, 0.25) is 5.02 Å². The standard InChI is InChI=1S/C21H19ClFN5O3S/c1-12-18(32-19(26-12)21(2,3)30)31-17-7-6-13(9-15(17)23)28-20(29)27(11-25-28)10-16-14(22)5-4-8-24-16/h4-9,11,30H,10H2,1-3H3. The summed E-state index contributed by atoms with van der Waals surface area (Å²) in [4.78, 5) is 21.2. The molecule has 0 atom stereocenters. The summed E-state index contributed by atoms with van der Waals surface area (Å²) in [7, 11) is 0. The van der Waals surface area contributed by atoms with E-state index in [9.17, 15) is 14.3 Å². The summed E-state index contributed by atoms with van der Waals surface area (Å²) in [6, 6.07) is 7.48. The molecule has 166 valence electrons. The second-order valence-electron chi connectivity index (χ2n) is 7.55. The number of hydrogen-bond donors (Lipinski definition) is 1. The van der Waals surface area contributed by atoms with Gasteiger partial charge in [0, 0.05) is 12.3 Å². The normalized spacial score (nSPS) is 11.7. The van der Waals surface area contributed by atoms with E-state index in [2.05, 4.69) is 15.1 Å². The molecule has 0 saturated heterocycles. The third-order valence-corrected chi connectivity index (χ3v) is 6.22. The highest BCUT2D eigenvalue weighted by molar-refractivity contribution is 7.13. The predicted molar refractivity (Wildman–Crippen MR) is 118 cm³/mol. The van der Waals surface area contributed by atoms with Gasteiger partial charge in [0.15, 0.2) is 11.6 Å². The molecule has 0 spiro atoms. The summed E-state index contributed by atoms with van der Waals surface area (Å²) in [6.45, 7) is 5.08. The van der Waals surface area contributed by atoms with Crippen LogP contribution in [0, 0.1) is 12.7 Å². The quantitative estimate of drug-likeness (QED) is 0.452. The average Bonchev–Trinajstić information content (AvgIpc) is 3.28. The molecule has 32 heavy (non-hydrogen) atoms. The van der Waals surface area contributed by atoms with Crippen LogP contribution in [-0.4, -0.2) is 29.4 Å². The number of aryl methyl sites for hydroxylation is 1. The first-order valence-electron chi connectivity index (χ1n) is 9.55. The largest absolute Gasteiger partial charge is 0.442 e. The summed E-state index contributed by atoms with van der Waals surface area (Å²) in [5, 5.41) is 15.5. The minimum absolute atomic E-state index is 0.0319. The van der Waals surface area contributed by atoms with Crippen molar-refractivity contribution in [3.8, 4) is 16.5 Å². The van der Waals surface area contributed by atoms with Crippen LogP contribution in [0.4, 0.5) is 4.39 Å². The first-order chi connectivity index (χ1) is 15.1. The zero-order valence-electron chi connectivity index (χ0n) is 17.4. The van der Waals surface area contributed by atoms with Gasteiger partial charge in [-0.2, -0.15) is 9.78 Å². The highest BCUT2D eigenvalue weighted by atomic mass is 35.5. The van der Waals surface area contributed by atoms with E-state index in [1.807, 2.05) is 0 Å². The van der Waals surface area contributed by atoms with Gasteiger partial charge in [0.05, 0.1) is 28.6 Å². The van der Waals surface area contributed by atoms with Crippen molar-refractivity contribution in [2.75, 3.05) is 0 Å². The summed E-state index contributed by atoms with van der Waals surface area (Å²) in [5.41, 5.74) is -0.287. The Labute approximate surface area is 191 Å². The molecule has 1 N–H and O–H groups in total. The lowest BCUT2D eigenvalue weighted by atomic mass is 10.2. The molecule has 11 heteroatoms. The van der Waals surface area contributed by atoms with E-state index in [1.54, 1.807) is 39.1 Å². The van der Waals surface area contributed by atoms with Gasteiger partial charge in [0.25, 0.3) is 0 Å². The number of aliphatic hydroxyl groups is 1. The van der Waals surface area contributed by atoms with Gasteiger partial charge in [0.1, 0.15) is 16.9 Å². The Morgan fingerprint density at radius 2 is 2.09 bits per heavy atom. The molecule has 0 aliphatic heterocycles. The Bertz CT molecular complexity index is 1340. The van der Waals surface area contributed by atoms with Gasteiger partial charge in [0.2, 0.25) is 5.06 Å². The molecule has 4 rings (SSSR count). The van der Waals surface area contributed by atoms with Gasteiger partial charge in [-0.1, -0.05) is 22.9 Å². The summed E-state index contributed by atoms with van der Waals surface area (Å²) >= 11 is 7.25. The van der Waals surface area contributed by atoms with Crippen LogP contribution in [0.25, 0.3) is 5.69 Å². The third-order valence-electron chi connectivity index (χ3n) is 4.53. The highest BCUT2D eigenvalue weighted by Crippen LogP contribution is 2.36. The van der Waals surface area contributed by atoms with Gasteiger partial charge >= 0.3 is 5.69 Å². The number of pyridine rings is 1. The van der Waals surface area contributed by atoms with E-state index in [0.29, 0.717) is 26.5 Å². The maximum atomic E-state index is 14.8. The Kier molecular flexibility index (Phi) is 5.85. The van der Waals surface area contributed by atoms with E-state index < -0.39 is 17.1 Å². The van der Waals surface area contributed by atoms with Crippen molar-refractivity contribution in [2.24, 2.45) is 0 Å². The maximum absolute atomic E-state index is 14.8. The summed E-state index contributed by atoms with van der Waals surface area (Å²) < 4.78 is 22.8. The van der Waals surface area contributed by atoms with Crippen molar-refractivity contribution in [1.29, 1.82) is 0 Å². The van der Waals surface area contributed by atoms with Gasteiger partial charge < -0.3 is 9.84 Å². The number of hydrogen-bond acceptors (Lipinski definition) is 7. The van der Waals surface area contributed by atoms with Crippen LogP contribution in [0.3, 0.4) is 0 Å². The number of nitrogens with zero attached hydrogens (tertiary/aromatic N) is 5. The number of thiazole rings is 1. The fourth-order valence-corrected chi connectivity index (χ4v) is 3.97. The van der Waals surface area contributed by atoms with E-state index >= 15 is 0 Å². The van der Waals surface area contributed by atoms with Crippen LogP contribution in [-0.2, 0) is 12.1 Å². The van der Waals surface area contributed by atoms with E-state index in [1.165, 1.54) is 23.0 Å². The molecule has 0 saturated carbocycles. The van der Waals surface area contributed by atoms with Gasteiger partial charge in [-0.25, -0.2) is 14.2 Å². The molecule has 0 radical (unpaired) electrons. The lowest BCUT2D eigenvalue weighted by Crippen LogP contribution is -2.24. The number of ether oxygens (including phenoxy) is 1. The topological polar surface area (TPSA) is 95.1 Å². The van der Waals surface area contributed by atoms with Crippen LogP contribution in [0.1, 0.15) is 30.2 Å². The monoisotopic (exact) mass is 475 g/mol. The maximum Gasteiger partial charge on any atom is 0.350 e. The molecule has 1 aromatic carbocycles. The van der Waals surface area contributed by atoms with E-state index in [0.717, 1.165) is 22.1 Å². The molecule has 0 unspecified atom stereocenters. The SMILES string of the molecule is Cc1nc(C(C)(C)O)sc1Oc1ccc(-n2ncn(Cc3ncccc3Cl)c2=O)cc1F. The molecule has 8 nitrogen and oxygen atoms in total. The molecule has 0 amide bonds. The number of aromatic nitrogens is 5. The van der Waals surface area contributed by atoms with Gasteiger partial charge in [-0.15, -0.1) is 0 Å². The molecule has 3 heterocycles. The Morgan fingerprint density at radius 3 is 2.75 bits per heavy atom. The molecular weight excluding hydrogens is 457 g/mol. The zero-order valence-corrected chi connectivity index (χ0v) is 19.0. The summed E-state index contributed by atoms with van der Waals surface area (Å²) in [5.74, 6) is -0.704. The smallest absolute Gasteiger partial charge is 0.350 e. The first-order valence-corrected chi connectivity index (χ1v) is 10.7. The van der Waals surface area contributed by atoms with Crippen LogP contribution < -0.4 is 10.4 Å². The Hall–Kier alpha value is -3.08. The molecule has 0 aliphatic rings. The minimum atomic E-state index is -1.13. The fraction of sp³-hybridized carbons (Fsp3) is 0.238. The lowest BCUT2D eigenvalue weighted by Gasteiger charge is -2.12. The van der Waals surface area contributed by atoms with Crippen LogP contribution in [0.15, 0.2) is 47.7 Å². The van der Waals surface area contributed by atoms with Crippen LogP contribution in [0.5, 0.6) is 10.8 Å². The Morgan fingerprint density at radius 1 is 1.31 bits per heavy atom. The Balaban J connectivity index is 1.58. The van der Waals surface area contributed by atoms with E-state index in [4.69, 9.17) is 16.3 Å². The first kappa shape index (κ1) is 22.1. The molecule has 3 aromatic heterocycles. The van der Waals surface area contributed by atoms with E-state index in [-0.39, 0.29) is 18.0 Å². The minimum Gasteiger partial charge on any atom is -0.442 e. The van der Waals surface area contributed by atoms with Crippen LogP contribution >= 0.6 is 22.9 Å². The molecular formula is C21H19ClFN5O3S. The number of benzene rings is 1. The second-order valence-corrected chi connectivity index (χ2v) is 8.92. The van der Waals surface area contributed by atoms with Gasteiger partial charge in [-0.05, 0) is 45.0 Å². The van der Waals surface area contributed by atoms with Gasteiger partial charge in [-0.3, -0.25) is 9.55 Å². The molecule has 0 bridgehead atoms. The molecule has 0 aliphatic carbocycles. The van der Waals surface area contributed by atoms with Crippen molar-refractivity contribution in [3.63, 3.8) is 0 Å². The van der Waals surface area contributed by atoms with Crippen molar-refractivity contribution < 1.29 is 14.2 Å². The fourth-order valence-electron chi connectivity index (χ4n) is 2.86. The molecule has 4 aromatic rings. The van der Waals surface area contributed by atoms with Crippen molar-refractivity contribution >= 4 is 22.9 Å². The average molecular weight is 476 g/mol. The second kappa shape index (κ2) is 8.45. The highest BCUT2D eigenvalue weighted by Gasteiger charge is 2.23. The molecule has 0 fully saturated rings. The lowest BCUT2D eigenvalue weighted by molar-refractivity contribution is 0.0781. The van der Waals surface area contributed by atoms with Crippen molar-refractivity contribution in [2.45, 2.75) is 32.9 Å². The number of halogens is 2. The zero-order chi connectivity index (χ0) is 23.0. The van der Waals surface area contributed by atoms with Crippen molar-refractivity contribution in [1.82, 2.24) is 24.3 Å². The number of rotatable bonds is 6. The summed E-state index contributed by atoms with van der Waals surface area (Å²) in [6.07, 6.45) is 2.93. The third kappa shape index (κ3) is 4.43. The van der Waals surface area contributed by atoms with Crippen molar-refractivity contribution in [3.05, 3.63) is 80.6 Å². The predicted octanol–water partition coefficient (Wildman–Crippen LogP) is 4.05.